The molecule has 4 nitrogen and oxygen atoms in total. The molecule has 0 aliphatic carbocycles. The fourth-order valence-electron chi connectivity index (χ4n) is 2.58. The van der Waals surface area contributed by atoms with Gasteiger partial charge in [0.05, 0.1) is 6.04 Å². The van der Waals surface area contributed by atoms with Crippen LogP contribution >= 0.6 is 0 Å². The van der Waals surface area contributed by atoms with Crippen LogP contribution in [0.1, 0.15) is 58.1 Å². The van der Waals surface area contributed by atoms with Crippen LogP contribution in [0.3, 0.4) is 0 Å². The molecule has 1 aromatic rings. The molecule has 2 atom stereocenters. The third-order valence-corrected chi connectivity index (χ3v) is 3.58. The van der Waals surface area contributed by atoms with Gasteiger partial charge in [0.15, 0.2) is 0 Å². The van der Waals surface area contributed by atoms with Crippen molar-refractivity contribution in [3.63, 3.8) is 0 Å². The van der Waals surface area contributed by atoms with Crippen LogP contribution in [0.4, 0.5) is 4.79 Å². The highest BCUT2D eigenvalue weighted by Gasteiger charge is 2.35. The Balaban J connectivity index is 2.18. The Morgan fingerprint density at radius 3 is 2.65 bits per heavy atom. The molecule has 1 saturated heterocycles. The average molecular weight is 279 g/mol. The summed E-state index contributed by atoms with van der Waals surface area (Å²) in [6.45, 7) is 10.5. The molecule has 0 bridgehead atoms. The molecule has 1 aromatic heterocycles. The average Bonchev–Trinajstić information content (AvgIpc) is 2.73. The maximum absolute atomic E-state index is 12.4. The van der Waals surface area contributed by atoms with E-state index in [0.717, 1.165) is 30.9 Å². The van der Waals surface area contributed by atoms with Crippen molar-refractivity contribution < 1.29 is 13.9 Å². The lowest BCUT2D eigenvalue weighted by Gasteiger charge is -2.38. The highest BCUT2D eigenvalue weighted by atomic mass is 16.6. The smallest absolute Gasteiger partial charge is 0.410 e. The second-order valence-corrected chi connectivity index (χ2v) is 6.77. The highest BCUT2D eigenvalue weighted by Crippen LogP contribution is 2.35. The lowest BCUT2D eigenvalue weighted by molar-refractivity contribution is 0.00196. The fraction of sp³-hybridized carbons (Fsp3) is 0.688. The van der Waals surface area contributed by atoms with E-state index in [-0.39, 0.29) is 12.1 Å². The third-order valence-electron chi connectivity index (χ3n) is 3.58. The molecule has 0 spiro atoms. The largest absolute Gasteiger partial charge is 0.464 e. The summed E-state index contributed by atoms with van der Waals surface area (Å²) in [6.07, 6.45) is 1.69. The molecule has 2 heterocycles. The van der Waals surface area contributed by atoms with Gasteiger partial charge in [-0.15, -0.1) is 0 Å². The third kappa shape index (κ3) is 3.56. The van der Waals surface area contributed by atoms with Crippen molar-refractivity contribution in [3.8, 4) is 0 Å². The van der Waals surface area contributed by atoms with Crippen LogP contribution in [0.25, 0.3) is 0 Å². The lowest BCUT2D eigenvalue weighted by atomic mass is 9.91. The molecule has 0 saturated carbocycles. The highest BCUT2D eigenvalue weighted by molar-refractivity contribution is 5.69. The van der Waals surface area contributed by atoms with E-state index in [4.69, 9.17) is 9.15 Å². The lowest BCUT2D eigenvalue weighted by Crippen LogP contribution is -2.43. The van der Waals surface area contributed by atoms with E-state index in [1.54, 1.807) is 0 Å². The van der Waals surface area contributed by atoms with Crippen molar-refractivity contribution in [1.29, 1.82) is 0 Å². The Hall–Kier alpha value is -1.45. The van der Waals surface area contributed by atoms with Crippen LogP contribution in [0.2, 0.25) is 0 Å². The summed E-state index contributed by atoms with van der Waals surface area (Å²) >= 11 is 0. The van der Waals surface area contributed by atoms with Crippen molar-refractivity contribution in [1.82, 2.24) is 4.90 Å². The van der Waals surface area contributed by atoms with Crippen LogP contribution < -0.4 is 0 Å². The maximum atomic E-state index is 12.4. The fourth-order valence-corrected chi connectivity index (χ4v) is 2.58. The molecule has 1 aliphatic rings. The van der Waals surface area contributed by atoms with Crippen LogP contribution in [-0.4, -0.2) is 23.1 Å². The summed E-state index contributed by atoms with van der Waals surface area (Å²) in [6, 6.07) is 3.90. The first-order chi connectivity index (χ1) is 9.26. The molecule has 2 rings (SSSR count). The van der Waals surface area contributed by atoms with Crippen LogP contribution in [0.15, 0.2) is 16.5 Å². The van der Waals surface area contributed by atoms with E-state index in [2.05, 4.69) is 6.92 Å². The van der Waals surface area contributed by atoms with E-state index in [0.29, 0.717) is 5.92 Å². The molecule has 2 unspecified atom stereocenters. The summed E-state index contributed by atoms with van der Waals surface area (Å²) in [5.74, 6) is 2.33. The second kappa shape index (κ2) is 5.51. The first-order valence-electron chi connectivity index (χ1n) is 7.32. The van der Waals surface area contributed by atoms with Gasteiger partial charge < -0.3 is 9.15 Å². The number of amides is 1. The Morgan fingerprint density at radius 2 is 2.10 bits per heavy atom. The zero-order valence-electron chi connectivity index (χ0n) is 13.1. The van der Waals surface area contributed by atoms with E-state index in [9.17, 15) is 4.79 Å². The van der Waals surface area contributed by atoms with E-state index >= 15 is 0 Å². The van der Waals surface area contributed by atoms with Gasteiger partial charge in [0.25, 0.3) is 0 Å². The molecule has 1 fully saturated rings. The number of aryl methyl sites for hydroxylation is 1. The van der Waals surface area contributed by atoms with Crippen LogP contribution in [0.5, 0.6) is 0 Å². The zero-order chi connectivity index (χ0) is 14.9. The van der Waals surface area contributed by atoms with Gasteiger partial charge in [-0.3, -0.25) is 4.90 Å². The van der Waals surface area contributed by atoms with Gasteiger partial charge >= 0.3 is 6.09 Å². The van der Waals surface area contributed by atoms with Gasteiger partial charge in [0.1, 0.15) is 17.1 Å². The van der Waals surface area contributed by atoms with E-state index < -0.39 is 5.60 Å². The number of hydrogen-bond acceptors (Lipinski definition) is 3. The number of furan rings is 1. The van der Waals surface area contributed by atoms with Gasteiger partial charge in [-0.25, -0.2) is 4.79 Å². The quantitative estimate of drug-likeness (QED) is 0.770. The normalized spacial score (nSPS) is 23.8. The monoisotopic (exact) mass is 279 g/mol. The van der Waals surface area contributed by atoms with Gasteiger partial charge in [-0.05, 0) is 58.6 Å². The number of likely N-dealkylation sites (tertiary alicyclic amines) is 1. The second-order valence-electron chi connectivity index (χ2n) is 6.77. The Bertz CT molecular complexity index is 472. The zero-order valence-corrected chi connectivity index (χ0v) is 13.1. The first-order valence-corrected chi connectivity index (χ1v) is 7.32. The van der Waals surface area contributed by atoms with Crippen molar-refractivity contribution in [3.05, 3.63) is 23.7 Å². The van der Waals surface area contributed by atoms with Crippen LogP contribution in [-0.2, 0) is 4.74 Å². The molecule has 0 aromatic carbocycles. The number of piperidine rings is 1. The Kier molecular flexibility index (Phi) is 4.11. The summed E-state index contributed by atoms with van der Waals surface area (Å²) < 4.78 is 11.2. The minimum absolute atomic E-state index is 0.0118. The van der Waals surface area contributed by atoms with Gasteiger partial charge in [-0.2, -0.15) is 0 Å². The Morgan fingerprint density at radius 1 is 1.40 bits per heavy atom. The van der Waals surface area contributed by atoms with Gasteiger partial charge in [0, 0.05) is 6.54 Å². The summed E-state index contributed by atoms with van der Waals surface area (Å²) in [7, 11) is 0. The molecule has 112 valence electrons. The molecule has 4 heteroatoms. The van der Waals surface area contributed by atoms with Crippen LogP contribution in [0, 0.1) is 12.8 Å². The molecule has 1 aliphatic heterocycles. The molecular weight excluding hydrogens is 254 g/mol. The molecule has 0 N–H and O–H groups in total. The molecule has 20 heavy (non-hydrogen) atoms. The predicted molar refractivity (Wildman–Crippen MR) is 77.5 cm³/mol. The van der Waals surface area contributed by atoms with Crippen molar-refractivity contribution in [2.24, 2.45) is 5.92 Å². The standard InChI is InChI=1S/C16H25NO3/c1-11-8-9-17(15(18)20-16(3,4)5)13(10-11)14-7-6-12(2)19-14/h6-7,11,13H,8-10H2,1-5H3. The SMILES string of the molecule is Cc1ccc(C2CC(C)CCN2C(=O)OC(C)(C)C)o1. The van der Waals surface area contributed by atoms with E-state index in [1.807, 2.05) is 44.7 Å². The Labute approximate surface area is 121 Å². The number of carbonyl (C=O) groups is 1. The van der Waals surface area contributed by atoms with E-state index in [1.165, 1.54) is 0 Å². The van der Waals surface area contributed by atoms with Crippen molar-refractivity contribution in [2.45, 2.75) is 59.1 Å². The number of rotatable bonds is 1. The number of hydrogen-bond donors (Lipinski definition) is 0. The van der Waals surface area contributed by atoms with Gasteiger partial charge in [0.2, 0.25) is 0 Å². The minimum atomic E-state index is -0.468. The minimum Gasteiger partial charge on any atom is -0.464 e. The summed E-state index contributed by atoms with van der Waals surface area (Å²) in [4.78, 5) is 14.2. The van der Waals surface area contributed by atoms with Gasteiger partial charge in [-0.1, -0.05) is 6.92 Å². The molecular formula is C16H25NO3. The summed E-state index contributed by atoms with van der Waals surface area (Å²) in [5, 5.41) is 0. The number of ether oxygens (including phenoxy) is 1. The summed E-state index contributed by atoms with van der Waals surface area (Å²) in [5.41, 5.74) is -0.468. The topological polar surface area (TPSA) is 42.7 Å². The first kappa shape index (κ1) is 14.9. The number of nitrogens with zero attached hydrogens (tertiary/aromatic N) is 1. The maximum Gasteiger partial charge on any atom is 0.410 e. The number of carbonyl (C=O) groups excluding carboxylic acids is 1. The van der Waals surface area contributed by atoms with Crippen molar-refractivity contribution in [2.75, 3.05) is 6.54 Å². The molecule has 0 radical (unpaired) electrons. The predicted octanol–water partition coefficient (Wildman–Crippen LogP) is 4.30. The molecule has 1 amide bonds. The van der Waals surface area contributed by atoms with Crippen molar-refractivity contribution >= 4 is 6.09 Å².